The van der Waals surface area contributed by atoms with Crippen LogP contribution in [-0.4, -0.2) is 48.2 Å². The zero-order valence-electron chi connectivity index (χ0n) is 17.0. The Balaban J connectivity index is 1.91. The summed E-state index contributed by atoms with van der Waals surface area (Å²) in [4.78, 5) is 22.2. The van der Waals surface area contributed by atoms with Gasteiger partial charge in [0.15, 0.2) is 0 Å². The first-order valence-corrected chi connectivity index (χ1v) is 10.4. The lowest BCUT2D eigenvalue weighted by atomic mass is 9.89. The van der Waals surface area contributed by atoms with Gasteiger partial charge in [-0.15, -0.1) is 0 Å². The second-order valence-corrected chi connectivity index (χ2v) is 9.26. The van der Waals surface area contributed by atoms with Crippen molar-refractivity contribution in [1.29, 1.82) is 0 Å². The third kappa shape index (κ3) is 3.73. The summed E-state index contributed by atoms with van der Waals surface area (Å²) in [5.74, 6) is -0.00548. The minimum Gasteiger partial charge on any atom is -0.339 e. The number of hydrogen-bond donors (Lipinski definition) is 1. The molecular formula is C21H30N4OS. The minimum atomic E-state index is -0.227. The van der Waals surface area contributed by atoms with E-state index in [-0.39, 0.29) is 16.9 Å². The van der Waals surface area contributed by atoms with Crippen molar-refractivity contribution in [2.24, 2.45) is 10.4 Å². The number of hydrogen-bond acceptors (Lipinski definition) is 5. The van der Waals surface area contributed by atoms with E-state index in [2.05, 4.69) is 61.3 Å². The Morgan fingerprint density at radius 3 is 2.70 bits per heavy atom. The monoisotopic (exact) mass is 386 g/mol. The molecule has 0 spiro atoms. The molecule has 1 aromatic rings. The van der Waals surface area contributed by atoms with E-state index >= 15 is 0 Å². The molecule has 5 nitrogen and oxygen atoms in total. The molecule has 1 N–H and O–H groups in total. The van der Waals surface area contributed by atoms with Crippen molar-refractivity contribution in [1.82, 2.24) is 10.2 Å². The number of amides is 1. The lowest BCUT2D eigenvalue weighted by molar-refractivity contribution is -0.133. The molecule has 146 valence electrons. The predicted molar refractivity (Wildman–Crippen MR) is 114 cm³/mol. The molecule has 1 amide bonds. The molecule has 3 heterocycles. The van der Waals surface area contributed by atoms with Crippen LogP contribution >= 0.6 is 11.3 Å². The maximum absolute atomic E-state index is 13.2. The summed E-state index contributed by atoms with van der Waals surface area (Å²) in [6, 6.07) is 2.10. The Hall–Kier alpha value is -1.92. The molecule has 2 aliphatic heterocycles. The fraction of sp³-hybridized carbons (Fsp3) is 0.524. The number of nitrogens with one attached hydrogen (secondary N) is 1. The molecule has 6 heteroatoms. The first-order chi connectivity index (χ1) is 12.7. The van der Waals surface area contributed by atoms with E-state index in [1.165, 1.54) is 0 Å². The summed E-state index contributed by atoms with van der Waals surface area (Å²) < 4.78 is 0. The third-order valence-corrected chi connectivity index (χ3v) is 6.05. The Kier molecular flexibility index (Phi) is 5.32. The van der Waals surface area contributed by atoms with Crippen molar-refractivity contribution < 1.29 is 4.79 Å². The maximum atomic E-state index is 13.2. The molecule has 0 aliphatic carbocycles. The number of anilines is 1. The fourth-order valence-corrected chi connectivity index (χ4v) is 4.45. The summed E-state index contributed by atoms with van der Waals surface area (Å²) in [5.41, 5.74) is 3.01. The van der Waals surface area contributed by atoms with Gasteiger partial charge < -0.3 is 15.1 Å². The average molecular weight is 387 g/mol. The van der Waals surface area contributed by atoms with Crippen molar-refractivity contribution in [2.45, 2.75) is 40.2 Å². The Bertz CT molecular complexity index is 789. The summed E-state index contributed by atoms with van der Waals surface area (Å²) in [5, 5.41) is 7.55. The molecule has 1 aromatic heterocycles. The standard InChI is InChI=1S/C21H30N4OS/c1-7-17(19(26)25-10-9-22-13-21(25,5)6)23-18-15(2)24(14-20(18,3)4)16-8-11-27-12-16/h7-8,11-12,22H,2,9-10,13-14H2,1,3-6H3/b17-7-,23-18+. The highest BCUT2D eigenvalue weighted by Crippen LogP contribution is 2.38. The zero-order valence-corrected chi connectivity index (χ0v) is 17.8. The Morgan fingerprint density at radius 1 is 1.37 bits per heavy atom. The van der Waals surface area contributed by atoms with E-state index < -0.39 is 0 Å². The molecule has 0 radical (unpaired) electrons. The molecule has 3 rings (SSSR count). The van der Waals surface area contributed by atoms with Gasteiger partial charge in [0.1, 0.15) is 5.70 Å². The van der Waals surface area contributed by atoms with Gasteiger partial charge in [0.05, 0.1) is 22.6 Å². The number of rotatable bonds is 3. The SMILES string of the molecule is C=C1/C(=N\C(=C/C)C(=O)N2CCNCC2(C)C)C(C)(C)CN1c1ccsc1. The van der Waals surface area contributed by atoms with Gasteiger partial charge in [-0.2, -0.15) is 11.3 Å². The highest BCUT2D eigenvalue weighted by atomic mass is 32.1. The zero-order chi connectivity index (χ0) is 19.8. The van der Waals surface area contributed by atoms with E-state index in [0.29, 0.717) is 12.2 Å². The number of piperazine rings is 1. The van der Waals surface area contributed by atoms with E-state index in [1.807, 2.05) is 17.9 Å². The molecule has 0 atom stereocenters. The van der Waals surface area contributed by atoms with Crippen molar-refractivity contribution in [3.8, 4) is 0 Å². The smallest absolute Gasteiger partial charge is 0.272 e. The van der Waals surface area contributed by atoms with Crippen LogP contribution < -0.4 is 10.2 Å². The summed E-state index contributed by atoms with van der Waals surface area (Å²) >= 11 is 1.67. The van der Waals surface area contributed by atoms with Crippen LogP contribution in [0.3, 0.4) is 0 Å². The van der Waals surface area contributed by atoms with Crippen LogP contribution in [0, 0.1) is 5.41 Å². The average Bonchev–Trinajstić information content (AvgIpc) is 3.20. The topological polar surface area (TPSA) is 47.9 Å². The van der Waals surface area contributed by atoms with Crippen LogP contribution in [0.15, 0.2) is 45.9 Å². The summed E-state index contributed by atoms with van der Waals surface area (Å²) in [7, 11) is 0. The molecule has 0 unspecified atom stereocenters. The number of carbonyl (C=O) groups excluding carboxylic acids is 1. The largest absolute Gasteiger partial charge is 0.339 e. The second kappa shape index (κ2) is 7.24. The van der Waals surface area contributed by atoms with Crippen LogP contribution in [0.2, 0.25) is 0 Å². The highest BCUT2D eigenvalue weighted by Gasteiger charge is 2.41. The quantitative estimate of drug-likeness (QED) is 0.807. The lowest BCUT2D eigenvalue weighted by Crippen LogP contribution is -2.60. The molecule has 2 fully saturated rings. The van der Waals surface area contributed by atoms with E-state index in [0.717, 1.165) is 36.7 Å². The number of thiophene rings is 1. The molecule has 0 aromatic carbocycles. The Labute approximate surface area is 166 Å². The fourth-order valence-electron chi connectivity index (χ4n) is 3.81. The van der Waals surface area contributed by atoms with Gasteiger partial charge >= 0.3 is 0 Å². The molecule has 27 heavy (non-hydrogen) atoms. The van der Waals surface area contributed by atoms with Gasteiger partial charge in [0.2, 0.25) is 0 Å². The first-order valence-electron chi connectivity index (χ1n) is 9.44. The molecule has 0 bridgehead atoms. The predicted octanol–water partition coefficient (Wildman–Crippen LogP) is 3.66. The van der Waals surface area contributed by atoms with Gasteiger partial charge in [0.25, 0.3) is 5.91 Å². The van der Waals surface area contributed by atoms with Gasteiger partial charge in [-0.3, -0.25) is 4.79 Å². The molecule has 2 saturated heterocycles. The van der Waals surface area contributed by atoms with Gasteiger partial charge in [0, 0.05) is 37.0 Å². The van der Waals surface area contributed by atoms with E-state index in [4.69, 9.17) is 4.99 Å². The number of carbonyl (C=O) groups is 1. The first kappa shape index (κ1) is 19.8. The van der Waals surface area contributed by atoms with Crippen molar-refractivity contribution in [3.05, 3.63) is 40.9 Å². The normalized spacial score (nSPS) is 24.0. The van der Waals surface area contributed by atoms with Crippen LogP contribution in [0.4, 0.5) is 5.69 Å². The molecule has 2 aliphatic rings. The van der Waals surface area contributed by atoms with Crippen LogP contribution in [-0.2, 0) is 4.79 Å². The number of aliphatic imine (C=N–C) groups is 1. The number of nitrogens with zero attached hydrogens (tertiary/aromatic N) is 3. The van der Waals surface area contributed by atoms with Crippen molar-refractivity contribution in [3.63, 3.8) is 0 Å². The Morgan fingerprint density at radius 2 is 2.11 bits per heavy atom. The number of allylic oxidation sites excluding steroid dienone is 2. The van der Waals surface area contributed by atoms with Gasteiger partial charge in [-0.1, -0.05) is 26.5 Å². The maximum Gasteiger partial charge on any atom is 0.272 e. The van der Waals surface area contributed by atoms with Crippen LogP contribution in [0.25, 0.3) is 0 Å². The van der Waals surface area contributed by atoms with Crippen molar-refractivity contribution in [2.75, 3.05) is 31.1 Å². The molecule has 0 saturated carbocycles. The third-order valence-electron chi connectivity index (χ3n) is 5.38. The second-order valence-electron chi connectivity index (χ2n) is 8.48. The van der Waals surface area contributed by atoms with Gasteiger partial charge in [-0.05, 0) is 32.2 Å². The van der Waals surface area contributed by atoms with Crippen molar-refractivity contribution >= 4 is 28.6 Å². The van der Waals surface area contributed by atoms with E-state index in [1.54, 1.807) is 11.3 Å². The van der Waals surface area contributed by atoms with Crippen LogP contribution in [0.1, 0.15) is 34.6 Å². The van der Waals surface area contributed by atoms with Gasteiger partial charge in [-0.25, -0.2) is 4.99 Å². The van der Waals surface area contributed by atoms with Crippen LogP contribution in [0.5, 0.6) is 0 Å². The lowest BCUT2D eigenvalue weighted by Gasteiger charge is -2.42. The van der Waals surface area contributed by atoms with E-state index in [9.17, 15) is 4.79 Å². The highest BCUT2D eigenvalue weighted by molar-refractivity contribution is 7.08. The molecular weight excluding hydrogens is 356 g/mol. The summed E-state index contributed by atoms with van der Waals surface area (Å²) in [6.45, 7) is 17.8. The minimum absolute atomic E-state index is 0.00548. The summed E-state index contributed by atoms with van der Waals surface area (Å²) in [6.07, 6.45) is 1.82.